The van der Waals surface area contributed by atoms with Crippen molar-refractivity contribution in [2.45, 2.75) is 130 Å². The van der Waals surface area contributed by atoms with Gasteiger partial charge in [0.2, 0.25) is 0 Å². The van der Waals surface area contributed by atoms with Gasteiger partial charge in [-0.3, -0.25) is 0 Å². The molecule has 0 bridgehead atoms. The molecule has 2 aliphatic rings. The Labute approximate surface area is 315 Å². The van der Waals surface area contributed by atoms with Crippen molar-refractivity contribution >= 4 is 0 Å². The summed E-state index contributed by atoms with van der Waals surface area (Å²) in [6.45, 7) is 8.93. The smallest absolute Gasteiger partial charge is 0.0280 e. The van der Waals surface area contributed by atoms with Gasteiger partial charge in [-0.2, -0.15) is 0 Å². The molecule has 0 N–H and O–H groups in total. The number of unbranched alkanes of at least 4 members (excludes halogenated alkanes) is 8. The number of hydrogen-bond donors (Lipinski definition) is 0. The number of hydrogen-bond acceptors (Lipinski definition) is 0. The molecular weight excluding hydrogens is 625 g/mol. The number of benzene rings is 4. The highest BCUT2D eigenvalue weighted by Gasteiger charge is 2.26. The van der Waals surface area contributed by atoms with Gasteiger partial charge in [-0.1, -0.05) is 125 Å². The first-order valence-corrected chi connectivity index (χ1v) is 20.2. The minimum absolute atomic E-state index is 0.943. The van der Waals surface area contributed by atoms with E-state index in [0.29, 0.717) is 0 Å². The van der Waals surface area contributed by atoms with Crippen molar-refractivity contribution < 1.29 is 0 Å². The summed E-state index contributed by atoms with van der Waals surface area (Å²) in [6, 6.07) is 22.9. The molecule has 2 aliphatic carbocycles. The average Bonchev–Trinajstić information content (AvgIpc) is 3.73. The first kappa shape index (κ1) is 36.9. The Kier molecular flexibility index (Phi) is 13.2. The van der Waals surface area contributed by atoms with Crippen LogP contribution in [-0.2, 0) is 25.7 Å². The van der Waals surface area contributed by atoms with Crippen molar-refractivity contribution in [2.24, 2.45) is 0 Å². The quantitative estimate of drug-likeness (QED) is 0.0945. The van der Waals surface area contributed by atoms with E-state index in [0.717, 1.165) is 88.2 Å². The van der Waals surface area contributed by atoms with Crippen LogP contribution >= 0.6 is 0 Å². The Hall–Kier alpha value is -4.88. The minimum Gasteiger partial charge on any atom is -0.0979 e. The third-order valence-corrected chi connectivity index (χ3v) is 10.5. The molecule has 0 spiro atoms. The monoisotopic (exact) mass is 678 g/mol. The van der Waals surface area contributed by atoms with Crippen molar-refractivity contribution in [3.63, 3.8) is 0 Å². The van der Waals surface area contributed by atoms with Gasteiger partial charge in [0.05, 0.1) is 0 Å². The van der Waals surface area contributed by atoms with Gasteiger partial charge in [0.25, 0.3) is 0 Å². The van der Waals surface area contributed by atoms with Crippen LogP contribution in [-0.4, -0.2) is 0 Å². The minimum atomic E-state index is 0.943. The third-order valence-electron chi connectivity index (χ3n) is 10.5. The van der Waals surface area contributed by atoms with Crippen LogP contribution in [0.1, 0.15) is 160 Å². The Balaban J connectivity index is 1.36. The number of fused-ring (bicyclic) bond motifs is 6. The zero-order chi connectivity index (χ0) is 36.1. The largest absolute Gasteiger partial charge is 0.0979 e. The van der Waals surface area contributed by atoms with Crippen molar-refractivity contribution in [1.29, 1.82) is 0 Å². The van der Waals surface area contributed by atoms with E-state index in [4.69, 9.17) is 0 Å². The summed E-state index contributed by atoms with van der Waals surface area (Å²) in [6.07, 6.45) is 16.9. The SMILES string of the molecule is CCCCC#Cc1ccc2c(c1)Cc1c-2ccc(C#CCCCC)c1CCc1c(C#CCCCC)ccc2c1Cc1cc(C#CCCCC)ccc1-2. The fourth-order valence-electron chi connectivity index (χ4n) is 7.60. The Bertz CT molecular complexity index is 2000. The molecule has 0 atom stereocenters. The summed E-state index contributed by atoms with van der Waals surface area (Å²) in [5, 5.41) is 0. The van der Waals surface area contributed by atoms with Gasteiger partial charge < -0.3 is 0 Å². The fraction of sp³-hybridized carbons (Fsp3) is 0.385. The van der Waals surface area contributed by atoms with E-state index < -0.39 is 0 Å². The van der Waals surface area contributed by atoms with Gasteiger partial charge in [0.15, 0.2) is 0 Å². The molecule has 0 nitrogen and oxygen atoms in total. The van der Waals surface area contributed by atoms with Gasteiger partial charge >= 0.3 is 0 Å². The molecule has 0 unspecified atom stereocenters. The molecule has 262 valence electrons. The van der Waals surface area contributed by atoms with Crippen LogP contribution in [0.15, 0.2) is 60.7 Å². The zero-order valence-corrected chi connectivity index (χ0v) is 32.1. The van der Waals surface area contributed by atoms with E-state index in [9.17, 15) is 0 Å². The molecule has 0 amide bonds. The lowest BCUT2D eigenvalue weighted by Crippen LogP contribution is -2.04. The number of rotatable bonds is 11. The van der Waals surface area contributed by atoms with E-state index in [-0.39, 0.29) is 0 Å². The molecule has 6 rings (SSSR count). The van der Waals surface area contributed by atoms with Gasteiger partial charge in [0.1, 0.15) is 0 Å². The highest BCUT2D eigenvalue weighted by molar-refractivity contribution is 5.81. The van der Waals surface area contributed by atoms with E-state index in [1.807, 2.05) is 0 Å². The lowest BCUT2D eigenvalue weighted by atomic mass is 9.88. The molecule has 0 saturated carbocycles. The molecular formula is C52H54. The maximum atomic E-state index is 3.64. The summed E-state index contributed by atoms with van der Waals surface area (Å²) < 4.78 is 0. The molecule has 0 aromatic heterocycles. The van der Waals surface area contributed by atoms with Gasteiger partial charge in [-0.25, -0.2) is 0 Å². The maximum Gasteiger partial charge on any atom is 0.0280 e. The van der Waals surface area contributed by atoms with Crippen LogP contribution in [0.4, 0.5) is 0 Å². The zero-order valence-electron chi connectivity index (χ0n) is 32.1. The summed E-state index contributed by atoms with van der Waals surface area (Å²) in [4.78, 5) is 0. The lowest BCUT2D eigenvalue weighted by Gasteiger charge is -2.15. The Morgan fingerprint density at radius 1 is 0.423 bits per heavy atom. The Morgan fingerprint density at radius 3 is 1.17 bits per heavy atom. The summed E-state index contributed by atoms with van der Waals surface area (Å²) in [5.41, 5.74) is 18.6. The topological polar surface area (TPSA) is 0 Å². The molecule has 4 aromatic carbocycles. The van der Waals surface area contributed by atoms with Crippen LogP contribution < -0.4 is 0 Å². The normalized spacial score (nSPS) is 11.4. The standard InChI is InChI=1S/C52H54/c1-5-9-13-17-21-39-25-29-47-43(35-39)37-51-45(41(27-31-49(47)51)23-19-15-11-7-3)33-34-46-42(24-20-16-12-8-4)28-32-50-48-30-26-40(22-18-14-10-6-2)36-44(48)38-52(46)50/h25-32,35-36H,5-16,33-34,37-38H2,1-4H3. The van der Waals surface area contributed by atoms with Crippen molar-refractivity contribution in [3.05, 3.63) is 116 Å². The van der Waals surface area contributed by atoms with Crippen LogP contribution in [0, 0.1) is 47.4 Å². The first-order valence-electron chi connectivity index (χ1n) is 20.2. The molecule has 0 radical (unpaired) electrons. The third kappa shape index (κ3) is 8.76. The first-order chi connectivity index (χ1) is 25.6. The van der Waals surface area contributed by atoms with Gasteiger partial charge in [-0.05, 0) is 143 Å². The van der Waals surface area contributed by atoms with Crippen molar-refractivity contribution in [3.8, 4) is 69.6 Å². The predicted octanol–water partition coefficient (Wildman–Crippen LogP) is 12.8. The van der Waals surface area contributed by atoms with Crippen LogP contribution in [0.25, 0.3) is 22.3 Å². The summed E-state index contributed by atoms with van der Waals surface area (Å²) in [7, 11) is 0. The van der Waals surface area contributed by atoms with Gasteiger partial charge in [-0.15, -0.1) is 0 Å². The maximum absolute atomic E-state index is 3.64. The van der Waals surface area contributed by atoms with E-state index in [2.05, 4.69) is 136 Å². The Morgan fingerprint density at radius 2 is 0.788 bits per heavy atom. The van der Waals surface area contributed by atoms with E-state index >= 15 is 0 Å². The molecule has 0 fully saturated rings. The molecule has 0 aliphatic heterocycles. The van der Waals surface area contributed by atoms with E-state index in [1.54, 1.807) is 0 Å². The summed E-state index contributed by atoms with van der Waals surface area (Å²) in [5.74, 6) is 28.0. The van der Waals surface area contributed by atoms with Crippen LogP contribution in [0.3, 0.4) is 0 Å². The predicted molar refractivity (Wildman–Crippen MR) is 222 cm³/mol. The van der Waals surface area contributed by atoms with E-state index in [1.165, 1.54) is 92.4 Å². The van der Waals surface area contributed by atoms with Crippen LogP contribution in [0.5, 0.6) is 0 Å². The molecule has 4 aromatic rings. The van der Waals surface area contributed by atoms with Crippen LogP contribution in [0.2, 0.25) is 0 Å². The lowest BCUT2D eigenvalue weighted by molar-refractivity contribution is 0.828. The van der Waals surface area contributed by atoms with Crippen molar-refractivity contribution in [2.75, 3.05) is 0 Å². The molecule has 0 saturated heterocycles. The second-order valence-electron chi connectivity index (χ2n) is 14.5. The van der Waals surface area contributed by atoms with Gasteiger partial charge in [0, 0.05) is 47.9 Å². The highest BCUT2D eigenvalue weighted by Crippen LogP contribution is 2.42. The fourth-order valence-corrected chi connectivity index (χ4v) is 7.60. The molecule has 0 heteroatoms. The molecule has 0 heterocycles. The summed E-state index contributed by atoms with van der Waals surface area (Å²) >= 11 is 0. The van der Waals surface area contributed by atoms with Crippen molar-refractivity contribution in [1.82, 2.24) is 0 Å². The average molecular weight is 679 g/mol. The second-order valence-corrected chi connectivity index (χ2v) is 14.5. The molecule has 52 heavy (non-hydrogen) atoms. The second kappa shape index (κ2) is 18.6. The highest BCUT2D eigenvalue weighted by atomic mass is 14.3.